The molecule has 0 aliphatic rings. The molecule has 1 amide bonds. The lowest BCUT2D eigenvalue weighted by Crippen LogP contribution is -2.16. The smallest absolute Gasteiger partial charge is 0.255 e. The van der Waals surface area contributed by atoms with E-state index >= 15 is 0 Å². The van der Waals surface area contributed by atoms with Gasteiger partial charge in [-0.15, -0.1) is 0 Å². The monoisotopic (exact) mass is 480 g/mol. The summed E-state index contributed by atoms with van der Waals surface area (Å²) < 4.78 is 25.1. The van der Waals surface area contributed by atoms with Crippen LogP contribution in [0.3, 0.4) is 0 Å². The molecule has 0 bridgehead atoms. The maximum absolute atomic E-state index is 12.8. The predicted octanol–water partition coefficient (Wildman–Crippen LogP) is 4.17. The van der Waals surface area contributed by atoms with Crippen LogP contribution in [-0.2, 0) is 17.6 Å². The SMILES string of the molecule is Cc1ncn(CC(c2ccc(C(=O)Nc3ccc(Cl)c(-c4ccccn4)c3)cc2)S(=O)[O-])n1. The molecule has 4 rings (SSSR count). The van der Waals surface area contributed by atoms with Gasteiger partial charge in [0.25, 0.3) is 5.91 Å². The van der Waals surface area contributed by atoms with Gasteiger partial charge in [-0.05, 0) is 66.0 Å². The third kappa shape index (κ3) is 5.51. The second-order valence-electron chi connectivity index (χ2n) is 7.25. The summed E-state index contributed by atoms with van der Waals surface area (Å²) in [7, 11) is 0. The summed E-state index contributed by atoms with van der Waals surface area (Å²) in [6.45, 7) is 1.86. The topological polar surface area (TPSA) is 113 Å². The van der Waals surface area contributed by atoms with Crippen molar-refractivity contribution < 1.29 is 13.6 Å². The zero-order chi connectivity index (χ0) is 23.4. The van der Waals surface area contributed by atoms with E-state index in [1.54, 1.807) is 55.6 Å². The highest BCUT2D eigenvalue weighted by Crippen LogP contribution is 2.29. The highest BCUT2D eigenvalue weighted by Gasteiger charge is 2.16. The van der Waals surface area contributed by atoms with E-state index in [-0.39, 0.29) is 12.5 Å². The molecule has 0 radical (unpaired) electrons. The van der Waals surface area contributed by atoms with Gasteiger partial charge in [-0.3, -0.25) is 18.7 Å². The van der Waals surface area contributed by atoms with Crippen LogP contribution in [0.4, 0.5) is 5.69 Å². The summed E-state index contributed by atoms with van der Waals surface area (Å²) in [6.07, 6.45) is 3.16. The van der Waals surface area contributed by atoms with E-state index in [2.05, 4.69) is 20.4 Å². The number of halogens is 1. The Morgan fingerprint density at radius 2 is 1.94 bits per heavy atom. The average molecular weight is 481 g/mol. The molecule has 0 aliphatic heterocycles. The second kappa shape index (κ2) is 10.0. The molecule has 2 aromatic carbocycles. The van der Waals surface area contributed by atoms with Crippen LogP contribution in [0.5, 0.6) is 0 Å². The molecule has 168 valence electrons. The highest BCUT2D eigenvalue weighted by molar-refractivity contribution is 7.79. The Hall–Kier alpha value is -3.40. The van der Waals surface area contributed by atoms with Crippen molar-refractivity contribution >= 4 is 34.3 Å². The number of pyridine rings is 1. The van der Waals surface area contributed by atoms with Gasteiger partial charge in [0.2, 0.25) is 0 Å². The molecule has 0 saturated carbocycles. The Morgan fingerprint density at radius 1 is 1.15 bits per heavy atom. The quantitative estimate of drug-likeness (QED) is 0.397. The van der Waals surface area contributed by atoms with Gasteiger partial charge in [-0.2, -0.15) is 5.10 Å². The Kier molecular flexibility index (Phi) is 6.93. The van der Waals surface area contributed by atoms with Crippen LogP contribution in [0.15, 0.2) is 73.2 Å². The van der Waals surface area contributed by atoms with Crippen LogP contribution in [0, 0.1) is 6.92 Å². The fourth-order valence-corrected chi connectivity index (χ4v) is 4.16. The number of carbonyl (C=O) groups excluding carboxylic acids is 1. The first-order chi connectivity index (χ1) is 15.9. The number of benzene rings is 2. The summed E-state index contributed by atoms with van der Waals surface area (Å²) >= 11 is 3.93. The van der Waals surface area contributed by atoms with Gasteiger partial charge >= 0.3 is 0 Å². The van der Waals surface area contributed by atoms with Crippen molar-refractivity contribution in [1.82, 2.24) is 19.7 Å². The number of amides is 1. The van der Waals surface area contributed by atoms with Crippen molar-refractivity contribution in [3.8, 4) is 11.3 Å². The minimum absolute atomic E-state index is 0.129. The summed E-state index contributed by atoms with van der Waals surface area (Å²) in [6, 6.07) is 17.1. The number of nitrogens with zero attached hydrogens (tertiary/aromatic N) is 4. The molecule has 0 fully saturated rings. The number of aromatic nitrogens is 4. The summed E-state index contributed by atoms with van der Waals surface area (Å²) in [5.74, 6) is 0.230. The first kappa shape index (κ1) is 22.8. The van der Waals surface area contributed by atoms with Gasteiger partial charge in [-0.1, -0.05) is 29.8 Å². The van der Waals surface area contributed by atoms with Gasteiger partial charge in [0, 0.05) is 23.0 Å². The van der Waals surface area contributed by atoms with Crippen LogP contribution >= 0.6 is 11.6 Å². The minimum Gasteiger partial charge on any atom is -0.772 e. The number of aryl methyl sites for hydroxylation is 1. The van der Waals surface area contributed by atoms with Crippen molar-refractivity contribution in [2.75, 3.05) is 5.32 Å². The molecule has 2 aromatic heterocycles. The third-order valence-corrected chi connectivity index (χ3v) is 6.16. The Labute approximate surface area is 198 Å². The number of hydrogen-bond acceptors (Lipinski definition) is 6. The number of hydrogen-bond donors (Lipinski definition) is 1. The van der Waals surface area contributed by atoms with E-state index in [9.17, 15) is 13.6 Å². The number of nitrogens with one attached hydrogen (secondary N) is 1. The molecule has 0 spiro atoms. The lowest BCUT2D eigenvalue weighted by atomic mass is 10.1. The number of anilines is 1. The van der Waals surface area contributed by atoms with Crippen molar-refractivity contribution in [3.63, 3.8) is 0 Å². The molecule has 0 aliphatic carbocycles. The van der Waals surface area contributed by atoms with Crippen LogP contribution in [0.25, 0.3) is 11.3 Å². The molecule has 8 nitrogen and oxygen atoms in total. The Morgan fingerprint density at radius 3 is 2.58 bits per heavy atom. The van der Waals surface area contributed by atoms with E-state index < -0.39 is 16.3 Å². The molecule has 4 aromatic rings. The maximum atomic E-state index is 12.8. The van der Waals surface area contributed by atoms with Gasteiger partial charge < -0.3 is 9.87 Å². The van der Waals surface area contributed by atoms with Gasteiger partial charge in [-0.25, -0.2) is 4.98 Å². The molecule has 2 unspecified atom stereocenters. The molecule has 0 saturated heterocycles. The highest BCUT2D eigenvalue weighted by atomic mass is 35.5. The van der Waals surface area contributed by atoms with Crippen LogP contribution in [-0.4, -0.2) is 34.4 Å². The van der Waals surface area contributed by atoms with E-state index in [4.69, 9.17) is 11.6 Å². The largest absolute Gasteiger partial charge is 0.772 e. The Balaban J connectivity index is 1.50. The van der Waals surface area contributed by atoms with Gasteiger partial charge in [0.05, 0.1) is 22.5 Å². The molecule has 10 heteroatoms. The standard InChI is InChI=1S/C23H20ClN5O3S/c1-15-26-14-29(28-15)13-22(33(31)32)16-5-7-17(8-6-16)23(30)27-18-9-10-20(24)19(12-18)21-4-2-3-11-25-21/h2-12,14,22H,13H2,1H3,(H,27,30)(H,31,32)/p-1. The molecule has 2 atom stereocenters. The van der Waals surface area contributed by atoms with E-state index in [0.717, 1.165) is 0 Å². The van der Waals surface area contributed by atoms with E-state index in [1.165, 1.54) is 11.0 Å². The summed E-state index contributed by atoms with van der Waals surface area (Å²) in [5, 5.41) is 6.68. The van der Waals surface area contributed by atoms with Crippen LogP contribution in [0.2, 0.25) is 5.02 Å². The zero-order valence-electron chi connectivity index (χ0n) is 17.5. The van der Waals surface area contributed by atoms with E-state index in [0.29, 0.717) is 38.9 Å². The third-order valence-electron chi connectivity index (χ3n) is 4.95. The van der Waals surface area contributed by atoms with E-state index in [1.807, 2.05) is 18.2 Å². The van der Waals surface area contributed by atoms with Gasteiger partial charge in [0.15, 0.2) is 0 Å². The molecule has 33 heavy (non-hydrogen) atoms. The van der Waals surface area contributed by atoms with Crippen molar-refractivity contribution in [2.45, 2.75) is 18.7 Å². The number of carbonyl (C=O) groups is 1. The molecule has 2 heterocycles. The fourth-order valence-electron chi connectivity index (χ4n) is 3.30. The maximum Gasteiger partial charge on any atom is 0.255 e. The lowest BCUT2D eigenvalue weighted by Gasteiger charge is -2.20. The van der Waals surface area contributed by atoms with Crippen LogP contribution in [0.1, 0.15) is 27.0 Å². The van der Waals surface area contributed by atoms with Crippen molar-refractivity contribution in [3.05, 3.63) is 95.2 Å². The second-order valence-corrected chi connectivity index (χ2v) is 8.75. The fraction of sp³-hybridized carbons (Fsp3) is 0.130. The summed E-state index contributed by atoms with van der Waals surface area (Å²) in [5.41, 5.74) is 2.91. The molecule has 1 N–H and O–H groups in total. The van der Waals surface area contributed by atoms with Crippen molar-refractivity contribution in [1.29, 1.82) is 0 Å². The average Bonchev–Trinajstić information content (AvgIpc) is 3.24. The molecular formula is C23H19ClN5O3S-. The Bertz CT molecular complexity index is 1300. The van der Waals surface area contributed by atoms with Crippen molar-refractivity contribution in [2.24, 2.45) is 0 Å². The first-order valence-electron chi connectivity index (χ1n) is 9.97. The minimum atomic E-state index is -2.38. The summed E-state index contributed by atoms with van der Waals surface area (Å²) in [4.78, 5) is 21.1. The lowest BCUT2D eigenvalue weighted by molar-refractivity contribution is 0.102. The normalized spacial score (nSPS) is 12.8. The number of rotatable bonds is 7. The predicted molar refractivity (Wildman–Crippen MR) is 125 cm³/mol. The first-order valence-corrected chi connectivity index (χ1v) is 11.5. The van der Waals surface area contributed by atoms with Gasteiger partial charge in [0.1, 0.15) is 12.2 Å². The molecular weight excluding hydrogens is 462 g/mol. The van der Waals surface area contributed by atoms with Crippen LogP contribution < -0.4 is 5.32 Å². The zero-order valence-corrected chi connectivity index (χ0v) is 19.1.